The molecule has 1 amide bonds. The number of carbonyl (C=O) groups is 1. The number of rotatable bonds is 9. The monoisotopic (exact) mass is 541 g/mol. The third-order valence-electron chi connectivity index (χ3n) is 5.71. The molecule has 11 nitrogen and oxygen atoms in total. The van der Waals surface area contributed by atoms with Crippen LogP contribution in [0.4, 0.5) is 21.5 Å². The molecule has 1 N–H and O–H groups in total. The lowest BCUT2D eigenvalue weighted by Crippen LogP contribution is -2.40. The maximum Gasteiger partial charge on any atom is 0.270 e. The van der Waals surface area contributed by atoms with Crippen LogP contribution < -0.4 is 14.6 Å². The molecule has 1 heterocycles. The molecular formula is C25H24FN5O6S. The number of ether oxygens (including phenoxy) is 1. The summed E-state index contributed by atoms with van der Waals surface area (Å²) < 4.78 is 47.2. The summed E-state index contributed by atoms with van der Waals surface area (Å²) in [7, 11) is -4.30. The van der Waals surface area contributed by atoms with E-state index in [1.165, 1.54) is 60.8 Å². The smallest absolute Gasteiger partial charge is 0.270 e. The molecule has 0 unspecified atom stereocenters. The van der Waals surface area contributed by atoms with Crippen LogP contribution in [-0.4, -0.2) is 58.3 Å². The number of anilines is 2. The number of nitrogens with one attached hydrogen (secondary N) is 1. The first-order valence-corrected chi connectivity index (χ1v) is 13.0. The third kappa shape index (κ3) is 6.12. The number of hydrogen-bond acceptors (Lipinski definition) is 8. The van der Waals surface area contributed by atoms with E-state index >= 15 is 0 Å². The molecule has 1 saturated heterocycles. The summed E-state index contributed by atoms with van der Waals surface area (Å²) >= 11 is 0. The van der Waals surface area contributed by atoms with E-state index in [0.717, 1.165) is 6.07 Å². The van der Waals surface area contributed by atoms with Gasteiger partial charge in [-0.1, -0.05) is 30.3 Å². The second kappa shape index (κ2) is 11.8. The predicted octanol–water partition coefficient (Wildman–Crippen LogP) is 2.92. The van der Waals surface area contributed by atoms with Gasteiger partial charge in [-0.15, -0.1) is 0 Å². The molecule has 0 bridgehead atoms. The molecule has 0 aromatic heterocycles. The Labute approximate surface area is 218 Å². The van der Waals surface area contributed by atoms with Crippen LogP contribution in [0.2, 0.25) is 0 Å². The van der Waals surface area contributed by atoms with Gasteiger partial charge in [0.2, 0.25) is 0 Å². The summed E-state index contributed by atoms with van der Waals surface area (Å²) in [6.07, 6.45) is 1.24. The number of nitro benzene ring substituents is 1. The molecule has 1 aliphatic heterocycles. The lowest BCUT2D eigenvalue weighted by Gasteiger charge is -2.29. The van der Waals surface area contributed by atoms with Crippen LogP contribution in [0.3, 0.4) is 0 Å². The van der Waals surface area contributed by atoms with Gasteiger partial charge in [-0.3, -0.25) is 19.2 Å². The summed E-state index contributed by atoms with van der Waals surface area (Å²) in [4.78, 5) is 25.4. The first-order chi connectivity index (χ1) is 18.3. The van der Waals surface area contributed by atoms with E-state index < -0.39 is 33.2 Å². The number of carbonyl (C=O) groups excluding carboxylic acids is 1. The fraction of sp³-hybridized carbons (Fsp3) is 0.200. The van der Waals surface area contributed by atoms with E-state index in [9.17, 15) is 27.7 Å². The molecule has 3 aromatic rings. The number of nitro groups is 1. The van der Waals surface area contributed by atoms with Crippen molar-refractivity contribution in [3.8, 4) is 0 Å². The number of hydrogen-bond donors (Lipinski definition) is 1. The van der Waals surface area contributed by atoms with Crippen molar-refractivity contribution in [2.45, 2.75) is 4.90 Å². The zero-order valence-electron chi connectivity index (χ0n) is 20.1. The maximum absolute atomic E-state index is 14.6. The zero-order chi connectivity index (χ0) is 27.1. The third-order valence-corrected chi connectivity index (χ3v) is 7.48. The fourth-order valence-electron chi connectivity index (χ4n) is 3.86. The molecule has 4 rings (SSSR count). The molecule has 0 saturated carbocycles. The number of morpholine rings is 1. The predicted molar refractivity (Wildman–Crippen MR) is 139 cm³/mol. The van der Waals surface area contributed by atoms with Crippen LogP contribution in [0.5, 0.6) is 0 Å². The van der Waals surface area contributed by atoms with Gasteiger partial charge in [0.05, 0.1) is 34.9 Å². The second-order valence-corrected chi connectivity index (χ2v) is 10.0. The molecule has 0 spiro atoms. The van der Waals surface area contributed by atoms with Gasteiger partial charge in [0.15, 0.2) is 0 Å². The molecular weight excluding hydrogens is 517 g/mol. The van der Waals surface area contributed by atoms with Gasteiger partial charge in [0.1, 0.15) is 12.4 Å². The van der Waals surface area contributed by atoms with Gasteiger partial charge < -0.3 is 9.64 Å². The van der Waals surface area contributed by atoms with Crippen LogP contribution >= 0.6 is 0 Å². The number of sulfonamides is 1. The molecule has 13 heteroatoms. The lowest BCUT2D eigenvalue weighted by atomic mass is 10.1. The van der Waals surface area contributed by atoms with Gasteiger partial charge >= 0.3 is 0 Å². The number of hydrazone groups is 1. The minimum Gasteiger partial charge on any atom is -0.378 e. The van der Waals surface area contributed by atoms with Gasteiger partial charge in [-0.2, -0.15) is 5.10 Å². The van der Waals surface area contributed by atoms with Crippen molar-refractivity contribution in [1.29, 1.82) is 0 Å². The van der Waals surface area contributed by atoms with Crippen LogP contribution in [0.1, 0.15) is 5.56 Å². The van der Waals surface area contributed by atoms with Crippen molar-refractivity contribution in [2.75, 3.05) is 42.1 Å². The number of para-hydroxylation sites is 1. The molecule has 0 atom stereocenters. The van der Waals surface area contributed by atoms with E-state index in [0.29, 0.717) is 41.9 Å². The molecule has 1 aliphatic rings. The average molecular weight is 542 g/mol. The van der Waals surface area contributed by atoms with E-state index in [2.05, 4.69) is 10.5 Å². The highest BCUT2D eigenvalue weighted by atomic mass is 32.2. The first kappa shape index (κ1) is 26.7. The van der Waals surface area contributed by atoms with Crippen LogP contribution in [-0.2, 0) is 19.6 Å². The Morgan fingerprint density at radius 1 is 1.11 bits per heavy atom. The summed E-state index contributed by atoms with van der Waals surface area (Å²) in [5, 5.41) is 15.2. The normalized spacial score (nSPS) is 13.9. The fourth-order valence-corrected chi connectivity index (χ4v) is 5.31. The number of non-ortho nitro benzene ring substituents is 1. The molecule has 1 fully saturated rings. The number of benzene rings is 3. The Balaban J connectivity index is 1.57. The van der Waals surface area contributed by atoms with E-state index in [1.807, 2.05) is 4.90 Å². The topological polar surface area (TPSA) is 134 Å². The van der Waals surface area contributed by atoms with E-state index in [1.54, 1.807) is 12.1 Å². The second-order valence-electron chi connectivity index (χ2n) is 8.17. The van der Waals surface area contributed by atoms with Crippen LogP contribution in [0.15, 0.2) is 82.8 Å². The van der Waals surface area contributed by atoms with Gasteiger partial charge in [-0.25, -0.2) is 18.2 Å². The minimum atomic E-state index is -4.30. The van der Waals surface area contributed by atoms with Crippen molar-refractivity contribution in [2.24, 2.45) is 5.10 Å². The van der Waals surface area contributed by atoms with E-state index in [-0.39, 0.29) is 16.3 Å². The number of nitrogens with zero attached hydrogens (tertiary/aromatic N) is 4. The van der Waals surface area contributed by atoms with E-state index in [4.69, 9.17) is 4.74 Å². The first-order valence-electron chi connectivity index (χ1n) is 11.5. The summed E-state index contributed by atoms with van der Waals surface area (Å²) in [5.41, 5.74) is 2.82. The number of amides is 1. The minimum absolute atomic E-state index is 0.119. The zero-order valence-corrected chi connectivity index (χ0v) is 20.9. The highest BCUT2D eigenvalue weighted by Crippen LogP contribution is 2.27. The largest absolute Gasteiger partial charge is 0.378 e. The van der Waals surface area contributed by atoms with Crippen molar-refractivity contribution in [1.82, 2.24) is 5.43 Å². The van der Waals surface area contributed by atoms with Crippen molar-refractivity contribution in [3.63, 3.8) is 0 Å². The average Bonchev–Trinajstić information content (AvgIpc) is 2.93. The summed E-state index contributed by atoms with van der Waals surface area (Å²) in [5.74, 6) is -1.67. The molecule has 38 heavy (non-hydrogen) atoms. The number of halogens is 1. The Morgan fingerprint density at radius 3 is 2.47 bits per heavy atom. The van der Waals surface area contributed by atoms with Gasteiger partial charge in [0, 0.05) is 36.5 Å². The Morgan fingerprint density at radius 2 is 1.79 bits per heavy atom. The van der Waals surface area contributed by atoms with Gasteiger partial charge in [0.25, 0.3) is 21.6 Å². The Hall–Kier alpha value is -4.36. The highest BCUT2D eigenvalue weighted by molar-refractivity contribution is 7.92. The molecule has 0 aliphatic carbocycles. The van der Waals surface area contributed by atoms with Crippen molar-refractivity contribution in [3.05, 3.63) is 94.3 Å². The summed E-state index contributed by atoms with van der Waals surface area (Å²) in [6, 6.07) is 16.9. The van der Waals surface area contributed by atoms with Crippen molar-refractivity contribution < 1.29 is 27.3 Å². The van der Waals surface area contributed by atoms with Crippen molar-refractivity contribution >= 4 is 39.2 Å². The van der Waals surface area contributed by atoms with Gasteiger partial charge in [-0.05, 0) is 30.3 Å². The molecule has 198 valence electrons. The molecule has 3 aromatic carbocycles. The Kier molecular flexibility index (Phi) is 8.28. The SMILES string of the molecule is O=C(CN(c1ccccc1F)S(=O)(=O)c1ccccc1)N/N=C\c1cc([N+](=O)[O-])ccc1N1CCOCC1. The summed E-state index contributed by atoms with van der Waals surface area (Å²) in [6.45, 7) is 1.36. The standard InChI is InChI=1S/C25H24FN5O6S/c26-22-8-4-5-9-24(22)30(38(35,36)21-6-2-1-3-7-21)18-25(32)28-27-17-19-16-20(31(33)34)10-11-23(19)29-12-14-37-15-13-29/h1-11,16-17H,12-15,18H2,(H,28,32)/b27-17-. The maximum atomic E-state index is 14.6. The highest BCUT2D eigenvalue weighted by Gasteiger charge is 2.29. The molecule has 0 radical (unpaired) electrons. The Bertz CT molecular complexity index is 1450. The van der Waals surface area contributed by atoms with Crippen LogP contribution in [0, 0.1) is 15.9 Å². The van der Waals surface area contributed by atoms with Crippen LogP contribution in [0.25, 0.3) is 0 Å². The quantitative estimate of drug-likeness (QED) is 0.250. The lowest BCUT2D eigenvalue weighted by molar-refractivity contribution is -0.384.